The molecule has 1 aromatic heterocycles. The van der Waals surface area contributed by atoms with Gasteiger partial charge in [-0.05, 0) is 20.8 Å². The molecule has 0 spiro atoms. The maximum absolute atomic E-state index is 5.40. The number of methoxy groups -OCH3 is 1. The molecule has 0 saturated carbocycles. The van der Waals surface area contributed by atoms with Crippen LogP contribution < -0.4 is 10.6 Å². The summed E-state index contributed by atoms with van der Waals surface area (Å²) in [5.74, 6) is 0.790. The number of aryl methyl sites for hydroxylation is 2. The van der Waals surface area contributed by atoms with Crippen molar-refractivity contribution in [3.05, 3.63) is 15.6 Å². The fourth-order valence-corrected chi connectivity index (χ4v) is 2.44. The van der Waals surface area contributed by atoms with Crippen LogP contribution in [0, 0.1) is 13.8 Å². The first kappa shape index (κ1) is 21.6. The summed E-state index contributed by atoms with van der Waals surface area (Å²) in [6.07, 6.45) is 0. The molecule has 0 saturated heterocycles. The number of guanidine groups is 1. The number of rotatable bonds is 9. The van der Waals surface area contributed by atoms with Crippen molar-refractivity contribution >= 4 is 41.3 Å². The highest BCUT2D eigenvalue weighted by Gasteiger charge is 2.03. The smallest absolute Gasteiger partial charge is 0.191 e. The van der Waals surface area contributed by atoms with Crippen LogP contribution in [0.5, 0.6) is 0 Å². The largest absolute Gasteiger partial charge is 0.382 e. The maximum Gasteiger partial charge on any atom is 0.191 e. The molecule has 0 radical (unpaired) electrons. The summed E-state index contributed by atoms with van der Waals surface area (Å²) in [5.41, 5.74) is 1.09. The van der Waals surface area contributed by atoms with Crippen LogP contribution in [-0.2, 0) is 16.0 Å². The first-order chi connectivity index (χ1) is 10.2. The minimum atomic E-state index is 0. The molecule has 0 unspecified atom stereocenters. The van der Waals surface area contributed by atoms with E-state index < -0.39 is 0 Å². The van der Waals surface area contributed by atoms with Crippen molar-refractivity contribution in [3.63, 3.8) is 0 Å². The Morgan fingerprint density at radius 2 is 2.00 bits per heavy atom. The molecule has 128 valence electrons. The normalized spacial score (nSPS) is 11.2. The zero-order valence-corrected chi connectivity index (χ0v) is 16.9. The van der Waals surface area contributed by atoms with E-state index in [1.54, 1.807) is 18.4 Å². The quantitative estimate of drug-likeness (QED) is 0.265. The van der Waals surface area contributed by atoms with E-state index in [9.17, 15) is 0 Å². The molecule has 0 aliphatic rings. The Hall–Kier alpha value is -0.450. The minimum absolute atomic E-state index is 0. The zero-order chi connectivity index (χ0) is 15.5. The van der Waals surface area contributed by atoms with Gasteiger partial charge in [-0.25, -0.2) is 9.98 Å². The summed E-state index contributed by atoms with van der Waals surface area (Å²) < 4.78 is 10.3. The molecule has 0 aliphatic carbocycles. The summed E-state index contributed by atoms with van der Waals surface area (Å²) >= 11 is 1.70. The van der Waals surface area contributed by atoms with Gasteiger partial charge in [0, 0.05) is 25.1 Å². The van der Waals surface area contributed by atoms with E-state index in [0.29, 0.717) is 32.9 Å². The molecule has 1 rings (SSSR count). The van der Waals surface area contributed by atoms with Gasteiger partial charge in [0.1, 0.15) is 5.01 Å². The third-order valence-corrected chi connectivity index (χ3v) is 3.82. The molecule has 0 fully saturated rings. The molecular formula is C14H27IN4O2S. The molecule has 22 heavy (non-hydrogen) atoms. The van der Waals surface area contributed by atoms with Gasteiger partial charge in [0.05, 0.1) is 32.1 Å². The highest BCUT2D eigenvalue weighted by molar-refractivity contribution is 14.0. The second kappa shape index (κ2) is 13.0. The van der Waals surface area contributed by atoms with Crippen LogP contribution in [0.3, 0.4) is 0 Å². The van der Waals surface area contributed by atoms with E-state index >= 15 is 0 Å². The summed E-state index contributed by atoms with van der Waals surface area (Å²) in [6.45, 7) is 10.2. The van der Waals surface area contributed by atoms with Crippen molar-refractivity contribution in [2.75, 3.05) is 40.0 Å². The molecule has 1 aromatic rings. The van der Waals surface area contributed by atoms with Crippen LogP contribution in [0.15, 0.2) is 4.99 Å². The van der Waals surface area contributed by atoms with Crippen molar-refractivity contribution < 1.29 is 9.47 Å². The lowest BCUT2D eigenvalue weighted by Gasteiger charge is -2.11. The highest BCUT2D eigenvalue weighted by atomic mass is 127. The third-order valence-electron chi connectivity index (χ3n) is 2.76. The Kier molecular flexibility index (Phi) is 12.8. The number of ether oxygens (including phenoxy) is 2. The van der Waals surface area contributed by atoms with Crippen LogP contribution in [0.2, 0.25) is 0 Å². The van der Waals surface area contributed by atoms with Gasteiger partial charge in [0.2, 0.25) is 0 Å². The lowest BCUT2D eigenvalue weighted by Crippen LogP contribution is -2.39. The third kappa shape index (κ3) is 8.86. The van der Waals surface area contributed by atoms with Crippen LogP contribution >= 0.6 is 35.3 Å². The van der Waals surface area contributed by atoms with Crippen molar-refractivity contribution in [1.29, 1.82) is 0 Å². The Balaban J connectivity index is 0.00000441. The summed E-state index contributed by atoms with van der Waals surface area (Å²) in [7, 11) is 1.67. The van der Waals surface area contributed by atoms with E-state index in [1.807, 2.05) is 13.8 Å². The average molecular weight is 442 g/mol. The lowest BCUT2D eigenvalue weighted by atomic mass is 10.4. The van der Waals surface area contributed by atoms with Gasteiger partial charge >= 0.3 is 0 Å². The lowest BCUT2D eigenvalue weighted by molar-refractivity contribution is 0.0733. The van der Waals surface area contributed by atoms with Crippen LogP contribution in [0.25, 0.3) is 0 Å². The number of aromatic nitrogens is 1. The minimum Gasteiger partial charge on any atom is -0.382 e. The SMILES string of the molecule is CCNC(=NCc1nc(C)c(C)s1)NCCOCCOC.I. The van der Waals surface area contributed by atoms with Crippen molar-refractivity contribution in [2.45, 2.75) is 27.3 Å². The number of thiazole rings is 1. The molecule has 0 atom stereocenters. The van der Waals surface area contributed by atoms with Gasteiger partial charge in [-0.1, -0.05) is 0 Å². The van der Waals surface area contributed by atoms with E-state index in [1.165, 1.54) is 4.88 Å². The van der Waals surface area contributed by atoms with Gasteiger partial charge in [-0.3, -0.25) is 0 Å². The fraction of sp³-hybridized carbons (Fsp3) is 0.714. The van der Waals surface area contributed by atoms with Crippen molar-refractivity contribution in [2.24, 2.45) is 4.99 Å². The van der Waals surface area contributed by atoms with E-state index in [2.05, 4.69) is 27.5 Å². The van der Waals surface area contributed by atoms with Gasteiger partial charge < -0.3 is 20.1 Å². The Morgan fingerprint density at radius 1 is 1.23 bits per heavy atom. The summed E-state index contributed by atoms with van der Waals surface area (Å²) in [6, 6.07) is 0. The first-order valence-corrected chi connectivity index (χ1v) is 8.00. The molecule has 0 aliphatic heterocycles. The number of halogens is 1. The van der Waals surface area contributed by atoms with Crippen LogP contribution in [0.4, 0.5) is 0 Å². The van der Waals surface area contributed by atoms with Gasteiger partial charge in [0.15, 0.2) is 5.96 Å². The summed E-state index contributed by atoms with van der Waals surface area (Å²) in [5, 5.41) is 7.49. The Labute approximate surface area is 154 Å². The van der Waals surface area contributed by atoms with Gasteiger partial charge in [-0.15, -0.1) is 35.3 Å². The monoisotopic (exact) mass is 442 g/mol. The number of hydrogen-bond donors (Lipinski definition) is 2. The molecular weight excluding hydrogens is 415 g/mol. The second-order valence-electron chi connectivity index (χ2n) is 4.48. The van der Waals surface area contributed by atoms with E-state index in [0.717, 1.165) is 23.2 Å². The standard InChI is InChI=1S/C14H26N4O2S.HI/c1-5-15-14(16-6-7-20-9-8-19-4)17-10-13-18-11(2)12(3)21-13;/h5-10H2,1-4H3,(H2,15,16,17);1H. The first-order valence-electron chi connectivity index (χ1n) is 7.19. The fourth-order valence-electron chi connectivity index (χ4n) is 1.58. The molecule has 6 nitrogen and oxygen atoms in total. The number of nitrogens with zero attached hydrogens (tertiary/aromatic N) is 2. The Morgan fingerprint density at radius 3 is 2.59 bits per heavy atom. The van der Waals surface area contributed by atoms with Crippen molar-refractivity contribution in [3.8, 4) is 0 Å². The molecule has 0 aromatic carbocycles. The predicted molar refractivity (Wildman–Crippen MR) is 103 cm³/mol. The molecule has 8 heteroatoms. The van der Waals surface area contributed by atoms with Gasteiger partial charge in [0.25, 0.3) is 0 Å². The average Bonchev–Trinajstić information content (AvgIpc) is 2.79. The van der Waals surface area contributed by atoms with Crippen molar-refractivity contribution in [1.82, 2.24) is 15.6 Å². The van der Waals surface area contributed by atoms with Crippen LogP contribution in [-0.4, -0.2) is 51.0 Å². The predicted octanol–water partition coefficient (Wildman–Crippen LogP) is 2.10. The Bertz CT molecular complexity index is 421. The highest BCUT2D eigenvalue weighted by Crippen LogP contribution is 2.16. The summed E-state index contributed by atoms with van der Waals surface area (Å²) in [4.78, 5) is 10.3. The number of aliphatic imine (C=N–C) groups is 1. The maximum atomic E-state index is 5.40. The van der Waals surface area contributed by atoms with Gasteiger partial charge in [-0.2, -0.15) is 0 Å². The number of hydrogen-bond acceptors (Lipinski definition) is 5. The molecule has 2 N–H and O–H groups in total. The number of nitrogens with one attached hydrogen (secondary N) is 2. The van der Waals surface area contributed by atoms with E-state index in [-0.39, 0.29) is 24.0 Å². The van der Waals surface area contributed by atoms with E-state index in [4.69, 9.17) is 9.47 Å². The zero-order valence-electron chi connectivity index (χ0n) is 13.8. The topological polar surface area (TPSA) is 67.8 Å². The van der Waals surface area contributed by atoms with Crippen LogP contribution in [0.1, 0.15) is 22.5 Å². The molecule has 0 amide bonds. The second-order valence-corrected chi connectivity index (χ2v) is 5.76. The molecule has 1 heterocycles. The molecule has 0 bridgehead atoms.